The molecule has 0 radical (unpaired) electrons. The number of benzene rings is 1. The van der Waals surface area contributed by atoms with Crippen LogP contribution in [0.5, 0.6) is 5.75 Å². The van der Waals surface area contributed by atoms with E-state index in [-0.39, 0.29) is 17.9 Å². The Labute approximate surface area is 127 Å². The molecular weight excluding hydrogens is 348 g/mol. The lowest BCUT2D eigenvalue weighted by atomic mass is 10.3. The van der Waals surface area contributed by atoms with Crippen molar-refractivity contribution in [3.05, 3.63) is 50.9 Å². The molecule has 1 N–H and O–H groups in total. The molecule has 0 saturated carbocycles. The van der Waals surface area contributed by atoms with Crippen LogP contribution in [-0.4, -0.2) is 22.9 Å². The summed E-state index contributed by atoms with van der Waals surface area (Å²) in [7, 11) is 1.54. The Bertz CT molecular complexity index is 706. The molecule has 0 atom stereocenters. The van der Waals surface area contributed by atoms with Crippen molar-refractivity contribution in [1.29, 1.82) is 0 Å². The molecule has 2 aromatic rings. The van der Waals surface area contributed by atoms with E-state index in [1.165, 1.54) is 24.0 Å². The fourth-order valence-corrected chi connectivity index (χ4v) is 2.07. The maximum atomic E-state index is 13.3. The van der Waals surface area contributed by atoms with Gasteiger partial charge >= 0.3 is 0 Å². The molecule has 112 valence electrons. The molecule has 1 aromatic carbocycles. The van der Waals surface area contributed by atoms with Crippen molar-refractivity contribution in [3.63, 3.8) is 0 Å². The van der Waals surface area contributed by atoms with Crippen LogP contribution in [0.4, 0.5) is 14.5 Å². The number of ether oxygens (including phenoxy) is 1. The molecule has 0 aliphatic carbocycles. The van der Waals surface area contributed by atoms with Crippen molar-refractivity contribution in [3.8, 4) is 5.75 Å². The van der Waals surface area contributed by atoms with E-state index >= 15 is 0 Å². The Morgan fingerprint density at radius 1 is 1.43 bits per heavy atom. The summed E-state index contributed by atoms with van der Waals surface area (Å²) in [6.07, 6.45) is 1.49. The molecule has 0 spiro atoms. The van der Waals surface area contributed by atoms with Crippen LogP contribution in [0.1, 0.15) is 0 Å². The minimum atomic E-state index is -0.758. The molecule has 21 heavy (non-hydrogen) atoms. The Morgan fingerprint density at radius 3 is 2.90 bits per heavy atom. The number of aryl methyl sites for hydroxylation is 1. The van der Waals surface area contributed by atoms with E-state index in [9.17, 15) is 13.6 Å². The number of halogens is 3. The zero-order chi connectivity index (χ0) is 15.4. The minimum Gasteiger partial charge on any atom is -0.489 e. The van der Waals surface area contributed by atoms with Crippen LogP contribution < -0.4 is 15.6 Å². The van der Waals surface area contributed by atoms with Crippen molar-refractivity contribution in [2.75, 3.05) is 18.5 Å². The van der Waals surface area contributed by atoms with Gasteiger partial charge in [-0.1, -0.05) is 0 Å². The number of anilines is 1. The number of aromatic nitrogens is 2. The lowest BCUT2D eigenvalue weighted by Crippen LogP contribution is -2.22. The van der Waals surface area contributed by atoms with E-state index in [0.29, 0.717) is 16.7 Å². The van der Waals surface area contributed by atoms with Gasteiger partial charge in [-0.25, -0.2) is 13.5 Å². The normalized spacial score (nSPS) is 10.5. The van der Waals surface area contributed by atoms with Gasteiger partial charge in [0.25, 0.3) is 5.56 Å². The highest BCUT2D eigenvalue weighted by Gasteiger charge is 2.07. The number of rotatable bonds is 5. The van der Waals surface area contributed by atoms with Crippen molar-refractivity contribution < 1.29 is 13.5 Å². The quantitative estimate of drug-likeness (QED) is 0.832. The average molecular weight is 360 g/mol. The molecule has 0 bridgehead atoms. The summed E-state index contributed by atoms with van der Waals surface area (Å²) in [6, 6.07) is 3.10. The van der Waals surface area contributed by atoms with Crippen molar-refractivity contribution in [2.24, 2.45) is 7.05 Å². The summed E-state index contributed by atoms with van der Waals surface area (Å²) in [5, 5.41) is 6.81. The van der Waals surface area contributed by atoms with Gasteiger partial charge in [-0.15, -0.1) is 0 Å². The first-order valence-corrected chi connectivity index (χ1v) is 6.82. The van der Waals surface area contributed by atoms with Gasteiger partial charge in [0.1, 0.15) is 16.9 Å². The van der Waals surface area contributed by atoms with Gasteiger partial charge in [-0.05, 0) is 28.1 Å². The Morgan fingerprint density at radius 2 is 2.19 bits per heavy atom. The number of hydrogen-bond donors (Lipinski definition) is 1. The lowest BCUT2D eigenvalue weighted by Gasteiger charge is -2.10. The summed E-state index contributed by atoms with van der Waals surface area (Å²) in [5.41, 5.74) is 0.242. The average Bonchev–Trinajstić information content (AvgIpc) is 2.45. The van der Waals surface area contributed by atoms with Gasteiger partial charge < -0.3 is 10.1 Å². The van der Waals surface area contributed by atoms with E-state index < -0.39 is 11.6 Å². The molecule has 5 nitrogen and oxygen atoms in total. The van der Waals surface area contributed by atoms with Crippen LogP contribution >= 0.6 is 15.9 Å². The molecular formula is C13H12BrF2N3O2. The molecule has 0 aliphatic rings. The monoisotopic (exact) mass is 359 g/mol. The van der Waals surface area contributed by atoms with Gasteiger partial charge in [-0.3, -0.25) is 4.79 Å². The third-order valence-electron chi connectivity index (χ3n) is 2.65. The molecule has 2 rings (SSSR count). The standard InChI is InChI=1S/C13H12BrF2N3O2/c1-19-13(20)12(14)10(7-18-19)17-4-5-21-11-3-2-8(15)6-9(11)16/h2-3,6-7,17H,4-5H2,1H3. The fourth-order valence-electron chi connectivity index (χ4n) is 1.57. The van der Waals surface area contributed by atoms with Gasteiger partial charge in [-0.2, -0.15) is 5.10 Å². The Balaban J connectivity index is 1.90. The smallest absolute Gasteiger partial charge is 0.282 e. The predicted molar refractivity (Wildman–Crippen MR) is 77.5 cm³/mol. The largest absolute Gasteiger partial charge is 0.489 e. The van der Waals surface area contributed by atoms with Gasteiger partial charge in [0, 0.05) is 19.7 Å². The first-order chi connectivity index (χ1) is 9.99. The maximum absolute atomic E-state index is 13.3. The van der Waals surface area contributed by atoms with Gasteiger partial charge in [0.2, 0.25) is 0 Å². The fraction of sp³-hybridized carbons (Fsp3) is 0.231. The molecule has 1 heterocycles. The summed E-state index contributed by atoms with van der Waals surface area (Å²) in [5.74, 6) is -1.45. The van der Waals surface area contributed by atoms with Crippen LogP contribution in [0.2, 0.25) is 0 Å². The lowest BCUT2D eigenvalue weighted by molar-refractivity contribution is 0.314. The highest BCUT2D eigenvalue weighted by Crippen LogP contribution is 2.18. The molecule has 8 heteroatoms. The van der Waals surface area contributed by atoms with E-state index in [1.807, 2.05) is 0 Å². The number of nitrogens with one attached hydrogen (secondary N) is 1. The predicted octanol–water partition coefficient (Wildman–Crippen LogP) is 2.31. The molecule has 1 aromatic heterocycles. The Kier molecular flexibility index (Phi) is 4.89. The summed E-state index contributed by atoms with van der Waals surface area (Å²) in [6.45, 7) is 0.467. The van der Waals surface area contributed by atoms with Gasteiger partial charge in [0.05, 0.1) is 11.9 Å². The number of nitrogens with zero attached hydrogens (tertiary/aromatic N) is 2. The Hall–Kier alpha value is -1.96. The first-order valence-electron chi connectivity index (χ1n) is 6.02. The van der Waals surface area contributed by atoms with Crippen molar-refractivity contribution in [2.45, 2.75) is 0 Å². The number of hydrogen-bond acceptors (Lipinski definition) is 4. The minimum absolute atomic E-state index is 0.0284. The van der Waals surface area contributed by atoms with Crippen LogP contribution in [0.25, 0.3) is 0 Å². The first kappa shape index (κ1) is 15.4. The molecule has 0 amide bonds. The molecule has 0 unspecified atom stereocenters. The molecule has 0 aliphatic heterocycles. The zero-order valence-electron chi connectivity index (χ0n) is 11.1. The third-order valence-corrected chi connectivity index (χ3v) is 3.41. The highest BCUT2D eigenvalue weighted by atomic mass is 79.9. The second-order valence-corrected chi connectivity index (χ2v) is 4.94. The molecule has 0 fully saturated rings. The van der Waals surface area contributed by atoms with Crippen LogP contribution in [0.3, 0.4) is 0 Å². The van der Waals surface area contributed by atoms with Crippen molar-refractivity contribution >= 4 is 21.6 Å². The summed E-state index contributed by atoms with van der Waals surface area (Å²) < 4.78 is 32.8. The second kappa shape index (κ2) is 6.66. The third kappa shape index (κ3) is 3.78. The summed E-state index contributed by atoms with van der Waals surface area (Å²) in [4.78, 5) is 11.6. The topological polar surface area (TPSA) is 56.1 Å². The zero-order valence-corrected chi connectivity index (χ0v) is 12.7. The van der Waals surface area contributed by atoms with E-state index in [2.05, 4.69) is 26.3 Å². The maximum Gasteiger partial charge on any atom is 0.282 e. The SMILES string of the molecule is Cn1ncc(NCCOc2ccc(F)cc2F)c(Br)c1=O. The van der Waals surface area contributed by atoms with E-state index in [1.54, 1.807) is 0 Å². The van der Waals surface area contributed by atoms with E-state index in [0.717, 1.165) is 12.1 Å². The second-order valence-electron chi connectivity index (χ2n) is 4.15. The highest BCUT2D eigenvalue weighted by molar-refractivity contribution is 9.10. The summed E-state index contributed by atoms with van der Waals surface area (Å²) >= 11 is 3.17. The van der Waals surface area contributed by atoms with Gasteiger partial charge in [0.15, 0.2) is 11.6 Å². The van der Waals surface area contributed by atoms with Crippen LogP contribution in [0.15, 0.2) is 33.7 Å². The van der Waals surface area contributed by atoms with Crippen LogP contribution in [-0.2, 0) is 7.05 Å². The van der Waals surface area contributed by atoms with Crippen molar-refractivity contribution in [1.82, 2.24) is 9.78 Å². The van der Waals surface area contributed by atoms with E-state index in [4.69, 9.17) is 4.74 Å². The van der Waals surface area contributed by atoms with Crippen LogP contribution in [0, 0.1) is 11.6 Å². The molecule has 0 saturated heterocycles.